The molecular weight excluding hydrogens is 616 g/mol. The molecule has 4 aliphatic rings. The maximum absolute atomic E-state index is 11.7. The van der Waals surface area contributed by atoms with Gasteiger partial charge in [0.1, 0.15) is 0 Å². The summed E-state index contributed by atoms with van der Waals surface area (Å²) >= 11 is 7.60. The van der Waals surface area contributed by atoms with Crippen LogP contribution >= 0.6 is 31.9 Å². The van der Waals surface area contributed by atoms with Gasteiger partial charge in [0.25, 0.3) is 0 Å². The van der Waals surface area contributed by atoms with Crippen LogP contribution in [0.15, 0.2) is 0 Å². The Kier molecular flexibility index (Phi) is 8.97. The fourth-order valence-electron chi connectivity index (χ4n) is 7.09. The Bertz CT molecular complexity index is 847. The quantitative estimate of drug-likeness (QED) is 0.330. The van der Waals surface area contributed by atoms with Gasteiger partial charge in [0, 0.05) is 9.65 Å². The molecule has 0 aliphatic carbocycles. The van der Waals surface area contributed by atoms with Gasteiger partial charge in [-0.15, -0.1) is 0 Å². The van der Waals surface area contributed by atoms with Crippen molar-refractivity contribution in [2.24, 2.45) is 0 Å². The van der Waals surface area contributed by atoms with E-state index in [0.29, 0.717) is 24.1 Å². The van der Waals surface area contributed by atoms with E-state index in [0.717, 1.165) is 44.9 Å². The van der Waals surface area contributed by atoms with Gasteiger partial charge in [-0.25, -0.2) is 0 Å². The molecule has 10 atom stereocenters. The largest absolute Gasteiger partial charge is 0.387 e. The highest BCUT2D eigenvalue weighted by Crippen LogP contribution is 2.49. The van der Waals surface area contributed by atoms with Crippen molar-refractivity contribution in [1.82, 2.24) is 0 Å². The van der Waals surface area contributed by atoms with Crippen molar-refractivity contribution in [3.05, 3.63) is 0 Å². The number of halogens is 2. The van der Waals surface area contributed by atoms with Gasteiger partial charge in [-0.1, -0.05) is 31.9 Å². The van der Waals surface area contributed by atoms with Crippen molar-refractivity contribution in [3.8, 4) is 0 Å². The molecule has 0 spiro atoms. The highest BCUT2D eigenvalue weighted by atomic mass is 79.9. The molecule has 0 aromatic carbocycles. The van der Waals surface area contributed by atoms with Crippen molar-refractivity contribution in [1.29, 1.82) is 0 Å². The Morgan fingerprint density at radius 1 is 0.711 bits per heavy atom. The molecule has 0 saturated carbocycles. The van der Waals surface area contributed by atoms with Gasteiger partial charge >= 0.3 is 0 Å². The molecule has 0 bridgehead atoms. The summed E-state index contributed by atoms with van der Waals surface area (Å²) in [5.41, 5.74) is -3.49. The van der Waals surface area contributed by atoms with Gasteiger partial charge in [0.2, 0.25) is 0 Å². The van der Waals surface area contributed by atoms with Crippen LogP contribution in [0.1, 0.15) is 120 Å². The van der Waals surface area contributed by atoms with Crippen LogP contribution in [0.3, 0.4) is 0 Å². The Morgan fingerprint density at radius 3 is 1.89 bits per heavy atom. The van der Waals surface area contributed by atoms with Gasteiger partial charge in [-0.3, -0.25) is 0 Å². The number of aliphatic hydroxyl groups is 2. The first-order valence-corrected chi connectivity index (χ1v) is 16.6. The molecule has 4 fully saturated rings. The SMILES string of the molecule is CC1(C)O[C@@H](CC[C@@](C)(O)[C@H]2CC[C@@H]3O[C@]4(C)CC[C@@H](Br)C(C)(C)O[C@H]4CC[C@@]3(C)O2)[C@@](C)(O)CC[C@H]1Br. The highest BCUT2D eigenvalue weighted by Gasteiger charge is 2.55. The van der Waals surface area contributed by atoms with Gasteiger partial charge in [-0.05, 0) is 120 Å². The maximum atomic E-state index is 11.7. The summed E-state index contributed by atoms with van der Waals surface area (Å²) in [4.78, 5) is 0.464. The van der Waals surface area contributed by atoms with Crippen molar-refractivity contribution in [2.75, 3.05) is 0 Å². The molecule has 0 aromatic heterocycles. The van der Waals surface area contributed by atoms with E-state index in [1.165, 1.54) is 0 Å². The molecule has 38 heavy (non-hydrogen) atoms. The smallest absolute Gasteiger partial charge is 0.0921 e. The molecule has 0 radical (unpaired) electrons. The van der Waals surface area contributed by atoms with Crippen LogP contribution < -0.4 is 0 Å². The minimum Gasteiger partial charge on any atom is -0.387 e. The van der Waals surface area contributed by atoms with Crippen molar-refractivity contribution in [3.63, 3.8) is 0 Å². The first-order valence-electron chi connectivity index (χ1n) is 14.7. The van der Waals surface area contributed by atoms with Gasteiger partial charge < -0.3 is 29.2 Å². The first-order chi connectivity index (χ1) is 17.3. The van der Waals surface area contributed by atoms with E-state index >= 15 is 0 Å². The number of hydrogen-bond donors (Lipinski definition) is 2. The topological polar surface area (TPSA) is 77.4 Å². The zero-order valence-electron chi connectivity index (χ0n) is 24.8. The molecule has 8 heteroatoms. The number of hydrogen-bond acceptors (Lipinski definition) is 6. The minimum atomic E-state index is -1.04. The predicted octanol–water partition coefficient (Wildman–Crippen LogP) is 6.59. The lowest BCUT2D eigenvalue weighted by Crippen LogP contribution is -2.57. The van der Waals surface area contributed by atoms with E-state index in [2.05, 4.69) is 73.4 Å². The molecule has 4 saturated heterocycles. The molecule has 4 aliphatic heterocycles. The second kappa shape index (κ2) is 10.8. The second-order valence-electron chi connectivity index (χ2n) is 14.6. The number of fused-ring (bicyclic) bond motifs is 2. The molecule has 2 N–H and O–H groups in total. The van der Waals surface area contributed by atoms with Crippen LogP contribution in [-0.4, -0.2) is 77.9 Å². The summed E-state index contributed by atoms with van der Waals surface area (Å²) in [6.45, 7) is 16.6. The first kappa shape index (κ1) is 31.7. The average Bonchev–Trinajstić information content (AvgIpc) is 3.01. The van der Waals surface area contributed by atoms with Crippen LogP contribution in [0.2, 0.25) is 0 Å². The van der Waals surface area contributed by atoms with E-state index in [1.54, 1.807) is 0 Å². The normalized spacial score (nSPS) is 48.9. The van der Waals surface area contributed by atoms with Crippen LogP contribution in [0.25, 0.3) is 0 Å². The summed E-state index contributed by atoms with van der Waals surface area (Å²) in [6, 6.07) is 0. The fraction of sp³-hybridized carbons (Fsp3) is 1.00. The lowest BCUT2D eigenvalue weighted by atomic mass is 9.79. The molecule has 0 amide bonds. The Labute approximate surface area is 247 Å². The molecule has 0 aromatic rings. The lowest BCUT2D eigenvalue weighted by Gasteiger charge is -2.49. The van der Waals surface area contributed by atoms with E-state index in [-0.39, 0.29) is 40.4 Å². The zero-order valence-corrected chi connectivity index (χ0v) is 28.0. The van der Waals surface area contributed by atoms with Crippen molar-refractivity contribution in [2.45, 2.75) is 187 Å². The highest BCUT2D eigenvalue weighted by molar-refractivity contribution is 9.09. The number of rotatable bonds is 4. The maximum Gasteiger partial charge on any atom is 0.0921 e. The van der Waals surface area contributed by atoms with Crippen LogP contribution in [0.4, 0.5) is 0 Å². The summed E-state index contributed by atoms with van der Waals surface area (Å²) < 4.78 is 26.8. The summed E-state index contributed by atoms with van der Waals surface area (Å²) in [5.74, 6) is 0. The summed E-state index contributed by atoms with van der Waals surface area (Å²) in [7, 11) is 0. The van der Waals surface area contributed by atoms with Crippen molar-refractivity contribution < 1.29 is 29.2 Å². The predicted molar refractivity (Wildman–Crippen MR) is 157 cm³/mol. The number of alkyl halides is 2. The summed E-state index contributed by atoms with van der Waals surface area (Å²) in [5, 5.41) is 22.9. The van der Waals surface area contributed by atoms with Gasteiger partial charge in [0.15, 0.2) is 0 Å². The monoisotopic (exact) mass is 666 g/mol. The summed E-state index contributed by atoms with van der Waals surface area (Å²) in [6.07, 6.45) is 7.08. The van der Waals surface area contributed by atoms with Crippen LogP contribution in [-0.2, 0) is 18.9 Å². The van der Waals surface area contributed by atoms with Crippen LogP contribution in [0, 0.1) is 0 Å². The second-order valence-corrected chi connectivity index (χ2v) is 16.9. The molecular formula is C30H52Br2O6. The van der Waals surface area contributed by atoms with E-state index in [1.807, 2.05) is 13.8 Å². The third-order valence-electron chi connectivity index (χ3n) is 10.3. The lowest BCUT2D eigenvalue weighted by molar-refractivity contribution is -0.261. The van der Waals surface area contributed by atoms with Crippen LogP contribution in [0.5, 0.6) is 0 Å². The zero-order chi connectivity index (χ0) is 28.4. The average molecular weight is 669 g/mol. The standard InChI is InChI=1S/C30H52Br2O6/c1-25(2)19(31)11-15-27(5,33)22(35-25)13-16-28(6,34)21-9-10-23-30(8,37-21)18-14-24-29(7,38-23)17-12-20(32)26(3,4)36-24/h19-24,33-34H,9-18H2,1-8H3/t19-,20-,21-,22+,23+,24+,27+,28-,29-,30-/m1/s1. The van der Waals surface area contributed by atoms with Gasteiger partial charge in [0.05, 0.1) is 58.0 Å². The molecule has 4 rings (SSSR count). The Balaban J connectivity index is 1.44. The molecule has 4 heterocycles. The minimum absolute atomic E-state index is 0.00117. The third-order valence-corrected chi connectivity index (χ3v) is 13.4. The van der Waals surface area contributed by atoms with Gasteiger partial charge in [-0.2, -0.15) is 0 Å². The Hall–Kier alpha value is 0.720. The van der Waals surface area contributed by atoms with E-state index < -0.39 is 22.4 Å². The Morgan fingerprint density at radius 2 is 1.24 bits per heavy atom. The van der Waals surface area contributed by atoms with E-state index in [4.69, 9.17) is 18.9 Å². The number of ether oxygens (including phenoxy) is 4. The fourth-order valence-corrected chi connectivity index (χ4v) is 7.76. The van der Waals surface area contributed by atoms with E-state index in [9.17, 15) is 10.2 Å². The molecule has 0 unspecified atom stereocenters. The molecule has 6 nitrogen and oxygen atoms in total. The third kappa shape index (κ3) is 6.38. The molecule has 222 valence electrons. The van der Waals surface area contributed by atoms with Crippen molar-refractivity contribution >= 4 is 31.9 Å².